The monoisotopic (exact) mass is 396 g/mol. The minimum absolute atomic E-state index is 0.00542. The average molecular weight is 396 g/mol. The molecule has 0 aromatic carbocycles. The highest BCUT2D eigenvalue weighted by atomic mass is 16.5. The number of carboxylic acids is 1. The van der Waals surface area contributed by atoms with Crippen LogP contribution in [0.1, 0.15) is 30.1 Å². The van der Waals surface area contributed by atoms with Gasteiger partial charge in [0.05, 0.1) is 19.0 Å². The normalized spacial score (nSPS) is 13.3. The molecule has 150 valence electrons. The molecule has 0 bridgehead atoms. The number of carboxylic acid groups (broad SMARTS) is 1. The molecule has 10 heteroatoms. The number of aryl methyl sites for hydroxylation is 1. The average Bonchev–Trinajstić information content (AvgIpc) is 3.48. The van der Waals surface area contributed by atoms with Gasteiger partial charge >= 0.3 is 5.97 Å². The molecule has 0 atom stereocenters. The number of fused-ring (bicyclic) bond motifs is 1. The first kappa shape index (κ1) is 18.7. The van der Waals surface area contributed by atoms with Crippen LogP contribution in [-0.4, -0.2) is 43.8 Å². The third-order valence-electron chi connectivity index (χ3n) is 4.72. The van der Waals surface area contributed by atoms with Crippen LogP contribution in [0.4, 0.5) is 17.3 Å². The Hall–Kier alpha value is -3.69. The van der Waals surface area contributed by atoms with Crippen molar-refractivity contribution < 1.29 is 19.4 Å². The van der Waals surface area contributed by atoms with E-state index >= 15 is 0 Å². The van der Waals surface area contributed by atoms with Crippen LogP contribution in [0.5, 0.6) is 5.75 Å². The maximum absolute atomic E-state index is 12.0. The van der Waals surface area contributed by atoms with Crippen molar-refractivity contribution in [2.45, 2.75) is 26.3 Å². The van der Waals surface area contributed by atoms with Crippen LogP contribution in [0.3, 0.4) is 0 Å². The van der Waals surface area contributed by atoms with E-state index in [0.29, 0.717) is 18.1 Å². The van der Waals surface area contributed by atoms with Gasteiger partial charge in [-0.05, 0) is 19.8 Å². The first-order chi connectivity index (χ1) is 14.0. The Bertz CT molecular complexity index is 1110. The molecule has 1 amide bonds. The van der Waals surface area contributed by atoms with E-state index < -0.39 is 5.97 Å². The fourth-order valence-corrected chi connectivity index (χ4v) is 3.07. The van der Waals surface area contributed by atoms with Crippen LogP contribution in [0, 0.1) is 5.92 Å². The van der Waals surface area contributed by atoms with E-state index in [-0.39, 0.29) is 28.9 Å². The Morgan fingerprint density at radius 1 is 1.28 bits per heavy atom. The van der Waals surface area contributed by atoms with E-state index in [1.165, 1.54) is 19.4 Å². The van der Waals surface area contributed by atoms with Gasteiger partial charge in [-0.15, -0.1) is 0 Å². The third kappa shape index (κ3) is 3.56. The third-order valence-corrected chi connectivity index (χ3v) is 4.72. The fourth-order valence-electron chi connectivity index (χ4n) is 3.07. The van der Waals surface area contributed by atoms with Crippen LogP contribution in [0.15, 0.2) is 24.7 Å². The molecule has 1 fully saturated rings. The summed E-state index contributed by atoms with van der Waals surface area (Å²) in [5.74, 6) is -0.213. The zero-order chi connectivity index (χ0) is 20.5. The molecule has 1 aliphatic carbocycles. The summed E-state index contributed by atoms with van der Waals surface area (Å²) >= 11 is 0. The van der Waals surface area contributed by atoms with Gasteiger partial charge in [0.25, 0.3) is 0 Å². The van der Waals surface area contributed by atoms with E-state index in [0.717, 1.165) is 23.7 Å². The highest BCUT2D eigenvalue weighted by Crippen LogP contribution is 2.35. The van der Waals surface area contributed by atoms with Crippen molar-refractivity contribution in [2.75, 3.05) is 17.7 Å². The summed E-state index contributed by atoms with van der Waals surface area (Å²) in [6.45, 7) is 2.59. The van der Waals surface area contributed by atoms with Crippen molar-refractivity contribution in [3.8, 4) is 5.75 Å². The van der Waals surface area contributed by atoms with E-state index in [2.05, 4.69) is 25.7 Å². The molecule has 4 rings (SSSR count). The molecule has 0 aliphatic heterocycles. The molecule has 1 saturated carbocycles. The lowest BCUT2D eigenvalue weighted by Crippen LogP contribution is -2.15. The number of methoxy groups -OCH3 is 1. The lowest BCUT2D eigenvalue weighted by Gasteiger charge is -2.14. The quantitative estimate of drug-likeness (QED) is 0.555. The zero-order valence-corrected chi connectivity index (χ0v) is 16.0. The number of aromatic carboxylic acids is 1. The summed E-state index contributed by atoms with van der Waals surface area (Å²) < 4.78 is 7.32. The summed E-state index contributed by atoms with van der Waals surface area (Å²) in [6, 6.07) is 1.48. The molecule has 0 unspecified atom stereocenters. The summed E-state index contributed by atoms with van der Waals surface area (Å²) in [5.41, 5.74) is 0.939. The lowest BCUT2D eigenvalue weighted by molar-refractivity contribution is -0.117. The minimum Gasteiger partial charge on any atom is -0.491 e. The summed E-state index contributed by atoms with van der Waals surface area (Å²) in [4.78, 5) is 32.1. The molecule has 0 saturated heterocycles. The molecule has 0 spiro atoms. The van der Waals surface area contributed by atoms with Gasteiger partial charge in [0.15, 0.2) is 11.6 Å². The van der Waals surface area contributed by atoms with E-state index in [4.69, 9.17) is 4.74 Å². The number of rotatable bonds is 7. The van der Waals surface area contributed by atoms with Crippen LogP contribution < -0.4 is 15.4 Å². The molecule has 3 N–H and O–H groups in total. The van der Waals surface area contributed by atoms with E-state index in [1.54, 1.807) is 17.1 Å². The number of ether oxygens (including phenoxy) is 1. The van der Waals surface area contributed by atoms with Gasteiger partial charge in [0.1, 0.15) is 16.9 Å². The number of aromatic nitrogens is 4. The SMILES string of the molecule is CCn1ncc2cnc(Nc3cc(NC(=O)C4CC4)ncc3C(=O)O)c(OC)c21. The number of amides is 1. The lowest BCUT2D eigenvalue weighted by atomic mass is 10.2. The highest BCUT2D eigenvalue weighted by Gasteiger charge is 2.30. The Kier molecular flexibility index (Phi) is 4.75. The number of carbonyl (C=O) groups excluding carboxylic acids is 1. The number of carbonyl (C=O) groups is 2. The maximum atomic E-state index is 12.0. The van der Waals surface area contributed by atoms with Gasteiger partial charge in [0.2, 0.25) is 5.91 Å². The number of anilines is 3. The van der Waals surface area contributed by atoms with Crippen LogP contribution in [-0.2, 0) is 11.3 Å². The maximum Gasteiger partial charge on any atom is 0.339 e. The number of pyridine rings is 2. The number of nitrogens with one attached hydrogen (secondary N) is 2. The molecule has 0 radical (unpaired) electrons. The Morgan fingerprint density at radius 2 is 2.07 bits per heavy atom. The summed E-state index contributed by atoms with van der Waals surface area (Å²) in [5, 5.41) is 20.4. The largest absolute Gasteiger partial charge is 0.491 e. The van der Waals surface area contributed by atoms with Gasteiger partial charge in [-0.2, -0.15) is 5.10 Å². The molecular weight excluding hydrogens is 376 g/mol. The molecule has 3 aromatic heterocycles. The fraction of sp³-hybridized carbons (Fsp3) is 0.316. The first-order valence-corrected chi connectivity index (χ1v) is 9.21. The van der Waals surface area contributed by atoms with Crippen LogP contribution >= 0.6 is 0 Å². The number of hydrogen-bond donors (Lipinski definition) is 3. The molecule has 29 heavy (non-hydrogen) atoms. The molecular formula is C19H20N6O4. The van der Waals surface area contributed by atoms with Crippen molar-refractivity contribution in [2.24, 2.45) is 5.92 Å². The van der Waals surface area contributed by atoms with Crippen LogP contribution in [0.2, 0.25) is 0 Å². The topological polar surface area (TPSA) is 131 Å². The highest BCUT2D eigenvalue weighted by molar-refractivity contribution is 5.98. The van der Waals surface area contributed by atoms with Gasteiger partial charge in [0, 0.05) is 36.3 Å². The molecule has 3 heterocycles. The van der Waals surface area contributed by atoms with Gasteiger partial charge in [-0.3, -0.25) is 9.48 Å². The smallest absolute Gasteiger partial charge is 0.339 e. The van der Waals surface area contributed by atoms with Gasteiger partial charge in [-0.25, -0.2) is 14.8 Å². The van der Waals surface area contributed by atoms with Crippen molar-refractivity contribution in [3.05, 3.63) is 30.2 Å². The predicted octanol–water partition coefficient (Wildman–Crippen LogP) is 2.65. The first-order valence-electron chi connectivity index (χ1n) is 9.21. The van der Waals surface area contributed by atoms with Crippen molar-refractivity contribution >= 4 is 40.1 Å². The Morgan fingerprint density at radius 3 is 2.72 bits per heavy atom. The van der Waals surface area contributed by atoms with Crippen molar-refractivity contribution in [3.63, 3.8) is 0 Å². The standard InChI is InChI=1S/C19H20N6O4/c1-3-25-15-11(8-22-25)7-21-17(16(15)29-2)23-13-6-14(20-9-12(13)19(27)28)24-18(26)10-4-5-10/h6-10H,3-5H2,1-2H3,(H,27,28)(H2,20,21,23,24,26). The van der Waals surface area contributed by atoms with E-state index in [9.17, 15) is 14.7 Å². The second kappa shape index (κ2) is 7.38. The van der Waals surface area contributed by atoms with E-state index in [1.807, 2.05) is 6.92 Å². The molecule has 1 aliphatic rings. The Balaban J connectivity index is 1.74. The van der Waals surface area contributed by atoms with Crippen molar-refractivity contribution in [1.82, 2.24) is 19.7 Å². The van der Waals surface area contributed by atoms with Crippen molar-refractivity contribution in [1.29, 1.82) is 0 Å². The van der Waals surface area contributed by atoms with Gasteiger partial charge in [-0.1, -0.05) is 0 Å². The number of nitrogens with zero attached hydrogens (tertiary/aromatic N) is 4. The Labute approximate surface area is 165 Å². The minimum atomic E-state index is -1.15. The van der Waals surface area contributed by atoms with Gasteiger partial charge < -0.3 is 20.5 Å². The predicted molar refractivity (Wildman–Crippen MR) is 106 cm³/mol. The zero-order valence-electron chi connectivity index (χ0n) is 16.0. The van der Waals surface area contributed by atoms with Crippen LogP contribution in [0.25, 0.3) is 10.9 Å². The summed E-state index contributed by atoms with van der Waals surface area (Å²) in [6.07, 6.45) is 6.25. The second-order valence-corrected chi connectivity index (χ2v) is 6.71. The molecule has 3 aromatic rings. The number of hydrogen-bond acceptors (Lipinski definition) is 7. The second-order valence-electron chi connectivity index (χ2n) is 6.71. The summed E-state index contributed by atoms with van der Waals surface area (Å²) in [7, 11) is 1.51. The molecule has 10 nitrogen and oxygen atoms in total.